The van der Waals surface area contributed by atoms with Crippen LogP contribution < -0.4 is 15.8 Å². The van der Waals surface area contributed by atoms with Crippen molar-refractivity contribution in [2.75, 3.05) is 39.5 Å². The molecule has 0 saturated carbocycles. The molecule has 0 aliphatic carbocycles. The van der Waals surface area contributed by atoms with Crippen LogP contribution in [0.3, 0.4) is 0 Å². The van der Waals surface area contributed by atoms with E-state index in [1.165, 1.54) is 0 Å². The molecular formula is C17H29N3O2. The van der Waals surface area contributed by atoms with Crippen molar-refractivity contribution in [2.24, 2.45) is 0 Å². The maximum atomic E-state index is 11.7. The van der Waals surface area contributed by atoms with E-state index in [0.717, 1.165) is 30.7 Å². The van der Waals surface area contributed by atoms with E-state index in [1.54, 1.807) is 0 Å². The van der Waals surface area contributed by atoms with E-state index in [2.05, 4.69) is 12.2 Å². The number of nitrogens with zero attached hydrogens (tertiary/aromatic N) is 1. The third-order valence-corrected chi connectivity index (χ3v) is 3.35. The number of carbonyl (C=O) groups excluding carboxylic acids is 1. The molecule has 3 N–H and O–H groups in total. The summed E-state index contributed by atoms with van der Waals surface area (Å²) in [6, 6.07) is 5.77. The molecule has 1 rings (SSSR count). The second-order valence-corrected chi connectivity index (χ2v) is 5.73. The number of nitrogen functional groups attached to an aromatic ring is 1. The quantitative estimate of drug-likeness (QED) is 0.513. The summed E-state index contributed by atoms with van der Waals surface area (Å²) >= 11 is 0. The minimum atomic E-state index is 0.0729. The molecule has 22 heavy (non-hydrogen) atoms. The van der Waals surface area contributed by atoms with Crippen LogP contribution in [-0.2, 0) is 11.2 Å². The predicted molar refractivity (Wildman–Crippen MR) is 91.1 cm³/mol. The van der Waals surface area contributed by atoms with Gasteiger partial charge in [0.2, 0.25) is 5.91 Å². The van der Waals surface area contributed by atoms with Gasteiger partial charge in [0.1, 0.15) is 5.75 Å². The molecule has 1 amide bonds. The lowest BCUT2D eigenvalue weighted by Crippen LogP contribution is -2.31. The van der Waals surface area contributed by atoms with Crippen LogP contribution >= 0.6 is 0 Å². The van der Waals surface area contributed by atoms with Crippen LogP contribution in [0.4, 0.5) is 5.69 Å². The standard InChI is InChI=1S/C17H29N3O2/c1-4-5-12-22-16-8-6-14(13-15(16)18)7-9-17(21)19-10-11-20(2)3/h6,8,13H,4-5,7,9-12,18H2,1-3H3,(H,19,21). The Morgan fingerprint density at radius 1 is 1.36 bits per heavy atom. The van der Waals surface area contributed by atoms with Gasteiger partial charge < -0.3 is 20.7 Å². The molecule has 5 nitrogen and oxygen atoms in total. The van der Waals surface area contributed by atoms with Crippen LogP contribution in [0.2, 0.25) is 0 Å². The van der Waals surface area contributed by atoms with Gasteiger partial charge in [-0.15, -0.1) is 0 Å². The third kappa shape index (κ3) is 7.31. The Hall–Kier alpha value is -1.75. The summed E-state index contributed by atoms with van der Waals surface area (Å²) < 4.78 is 5.62. The normalized spacial score (nSPS) is 10.7. The monoisotopic (exact) mass is 307 g/mol. The van der Waals surface area contributed by atoms with Crippen molar-refractivity contribution in [3.8, 4) is 5.75 Å². The van der Waals surface area contributed by atoms with E-state index in [0.29, 0.717) is 31.7 Å². The van der Waals surface area contributed by atoms with Crippen LogP contribution in [0, 0.1) is 0 Å². The summed E-state index contributed by atoms with van der Waals surface area (Å²) in [5.41, 5.74) is 7.69. The highest BCUT2D eigenvalue weighted by molar-refractivity contribution is 5.76. The number of benzene rings is 1. The average molecular weight is 307 g/mol. The van der Waals surface area contributed by atoms with Crippen LogP contribution in [0.1, 0.15) is 31.7 Å². The van der Waals surface area contributed by atoms with Crippen molar-refractivity contribution in [1.29, 1.82) is 0 Å². The van der Waals surface area contributed by atoms with Crippen LogP contribution in [0.25, 0.3) is 0 Å². The number of hydrogen-bond acceptors (Lipinski definition) is 4. The summed E-state index contributed by atoms with van der Waals surface area (Å²) in [4.78, 5) is 13.8. The number of unbranched alkanes of at least 4 members (excludes halogenated alkanes) is 1. The Balaban J connectivity index is 2.37. The molecule has 0 spiro atoms. The smallest absolute Gasteiger partial charge is 0.220 e. The first kappa shape index (κ1) is 18.3. The number of amides is 1. The SMILES string of the molecule is CCCCOc1ccc(CCC(=O)NCCN(C)C)cc1N. The fourth-order valence-electron chi connectivity index (χ4n) is 1.98. The van der Waals surface area contributed by atoms with Crippen molar-refractivity contribution in [1.82, 2.24) is 10.2 Å². The molecule has 1 aromatic carbocycles. The Morgan fingerprint density at radius 2 is 2.14 bits per heavy atom. The summed E-state index contributed by atoms with van der Waals surface area (Å²) in [6.45, 7) is 4.34. The van der Waals surface area contributed by atoms with E-state index >= 15 is 0 Å². The van der Waals surface area contributed by atoms with Crippen LogP contribution in [-0.4, -0.2) is 44.6 Å². The lowest BCUT2D eigenvalue weighted by atomic mass is 10.1. The zero-order valence-corrected chi connectivity index (χ0v) is 14.0. The van der Waals surface area contributed by atoms with Gasteiger partial charge in [-0.1, -0.05) is 19.4 Å². The number of rotatable bonds is 10. The van der Waals surface area contributed by atoms with Crippen molar-refractivity contribution < 1.29 is 9.53 Å². The fourth-order valence-corrected chi connectivity index (χ4v) is 1.98. The summed E-state index contributed by atoms with van der Waals surface area (Å²) in [5, 5.41) is 2.91. The van der Waals surface area contributed by atoms with E-state index in [-0.39, 0.29) is 5.91 Å². The topological polar surface area (TPSA) is 67.6 Å². The van der Waals surface area contributed by atoms with Crippen LogP contribution in [0.15, 0.2) is 18.2 Å². The molecule has 0 atom stereocenters. The lowest BCUT2D eigenvalue weighted by molar-refractivity contribution is -0.121. The molecule has 0 saturated heterocycles. The second-order valence-electron chi connectivity index (χ2n) is 5.73. The fraction of sp³-hybridized carbons (Fsp3) is 0.588. The minimum Gasteiger partial charge on any atom is -0.491 e. The highest BCUT2D eigenvalue weighted by atomic mass is 16.5. The Kier molecular flexibility index (Phi) is 8.36. The van der Waals surface area contributed by atoms with Gasteiger partial charge in [0.05, 0.1) is 12.3 Å². The zero-order chi connectivity index (χ0) is 16.4. The maximum Gasteiger partial charge on any atom is 0.220 e. The highest BCUT2D eigenvalue weighted by Crippen LogP contribution is 2.23. The Bertz CT molecular complexity index is 461. The second kappa shape index (κ2) is 10.1. The highest BCUT2D eigenvalue weighted by Gasteiger charge is 2.05. The number of ether oxygens (including phenoxy) is 1. The van der Waals surface area contributed by atoms with Gasteiger partial charge in [-0.2, -0.15) is 0 Å². The molecule has 1 aromatic rings. The average Bonchev–Trinajstić information content (AvgIpc) is 2.47. The first-order valence-electron chi connectivity index (χ1n) is 7.95. The van der Waals surface area contributed by atoms with Gasteiger partial charge in [-0.25, -0.2) is 0 Å². The molecule has 5 heteroatoms. The molecule has 0 aliphatic rings. The largest absolute Gasteiger partial charge is 0.491 e. The van der Waals surface area contributed by atoms with Crippen molar-refractivity contribution in [3.05, 3.63) is 23.8 Å². The number of carbonyl (C=O) groups is 1. The molecular weight excluding hydrogens is 278 g/mol. The molecule has 0 aliphatic heterocycles. The number of anilines is 1. The van der Waals surface area contributed by atoms with Gasteiger partial charge in [-0.05, 0) is 44.6 Å². The minimum absolute atomic E-state index is 0.0729. The molecule has 0 aromatic heterocycles. The zero-order valence-electron chi connectivity index (χ0n) is 14.0. The number of nitrogens with one attached hydrogen (secondary N) is 1. The van der Waals surface area contributed by atoms with E-state index in [9.17, 15) is 4.79 Å². The number of aryl methyl sites for hydroxylation is 1. The molecule has 124 valence electrons. The van der Waals surface area contributed by atoms with Crippen molar-refractivity contribution in [3.63, 3.8) is 0 Å². The Labute approximate surface area is 133 Å². The summed E-state index contributed by atoms with van der Waals surface area (Å²) in [7, 11) is 3.97. The van der Waals surface area contributed by atoms with Crippen molar-refractivity contribution >= 4 is 11.6 Å². The Morgan fingerprint density at radius 3 is 2.77 bits per heavy atom. The van der Waals surface area contributed by atoms with E-state index < -0.39 is 0 Å². The molecule has 0 bridgehead atoms. The first-order valence-corrected chi connectivity index (χ1v) is 7.95. The van der Waals surface area contributed by atoms with Gasteiger partial charge >= 0.3 is 0 Å². The number of likely N-dealkylation sites (N-methyl/N-ethyl adjacent to an activating group) is 1. The lowest BCUT2D eigenvalue weighted by Gasteiger charge is -2.11. The molecule has 0 fully saturated rings. The van der Waals surface area contributed by atoms with E-state index in [4.69, 9.17) is 10.5 Å². The predicted octanol–water partition coefficient (Wildman–Crippen LogP) is 2.06. The molecule has 0 unspecified atom stereocenters. The van der Waals surface area contributed by atoms with Gasteiger partial charge in [0, 0.05) is 19.5 Å². The number of hydrogen-bond donors (Lipinski definition) is 2. The van der Waals surface area contributed by atoms with Gasteiger partial charge in [0.25, 0.3) is 0 Å². The molecule has 0 heterocycles. The van der Waals surface area contributed by atoms with E-state index in [1.807, 2.05) is 37.2 Å². The first-order chi connectivity index (χ1) is 10.5. The summed E-state index contributed by atoms with van der Waals surface area (Å²) in [6.07, 6.45) is 3.28. The van der Waals surface area contributed by atoms with Crippen molar-refractivity contribution in [2.45, 2.75) is 32.6 Å². The maximum absolute atomic E-state index is 11.7. The third-order valence-electron chi connectivity index (χ3n) is 3.35. The summed E-state index contributed by atoms with van der Waals surface area (Å²) in [5.74, 6) is 0.802. The van der Waals surface area contributed by atoms with Crippen LogP contribution in [0.5, 0.6) is 5.75 Å². The van der Waals surface area contributed by atoms with Gasteiger partial charge in [0.15, 0.2) is 0 Å². The molecule has 0 radical (unpaired) electrons. The number of nitrogens with two attached hydrogens (primary N) is 1. The van der Waals surface area contributed by atoms with Gasteiger partial charge in [-0.3, -0.25) is 4.79 Å².